The Morgan fingerprint density at radius 2 is 0.876 bits per heavy atom. The van der Waals surface area contributed by atoms with E-state index in [0.717, 1.165) is 27.2 Å². The van der Waals surface area contributed by atoms with E-state index in [4.69, 9.17) is 61.6 Å². The van der Waals surface area contributed by atoms with Gasteiger partial charge < -0.3 is 61.6 Å². The quantitative estimate of drug-likeness (QED) is 0.0175. The Morgan fingerprint density at radius 1 is 0.419 bits per heavy atom. The van der Waals surface area contributed by atoms with Crippen LogP contribution in [0.5, 0.6) is 0 Å². The Hall–Kier alpha value is -10.3. The average Bonchev–Trinajstić information content (AvgIpc) is 1.56. The highest BCUT2D eigenvalue weighted by Gasteiger charge is 2.61. The second-order valence-corrected chi connectivity index (χ2v) is 25.6. The zero-order chi connectivity index (χ0) is 72.3. The maximum Gasteiger partial charge on any atom is 0.262 e. The van der Waals surface area contributed by atoms with Crippen molar-refractivity contribution in [3.8, 4) is 0 Å². The lowest BCUT2D eigenvalue weighted by molar-refractivity contribution is -0.384. The van der Waals surface area contributed by atoms with Gasteiger partial charge in [0.25, 0.3) is 11.8 Å². The zero-order valence-corrected chi connectivity index (χ0v) is 56.5. The molecule has 7 aromatic rings. The summed E-state index contributed by atoms with van der Waals surface area (Å²) in [6.07, 6.45) is -20.4. The normalized spacial score (nSPS) is 29.8. The van der Waals surface area contributed by atoms with Crippen LogP contribution in [0.4, 0.5) is 0 Å². The van der Waals surface area contributed by atoms with Crippen LogP contribution in [0.15, 0.2) is 232 Å². The largest absolute Gasteiger partial charge is 0.374 e. The molecule has 13 rings (SSSR count). The molecule has 0 aromatic heterocycles. The van der Waals surface area contributed by atoms with Crippen molar-refractivity contribution in [2.45, 2.75) is 168 Å². The molecule has 5 aliphatic heterocycles. The lowest BCUT2D eigenvalue weighted by atomic mass is 9.83. The van der Waals surface area contributed by atoms with E-state index in [1.165, 1.54) is 12.1 Å². The van der Waals surface area contributed by atoms with Crippen molar-refractivity contribution in [3.63, 3.8) is 0 Å². The first-order chi connectivity index (χ1) is 51.7. The molecule has 7 aromatic carbocycles. The molecule has 1 aliphatic carbocycles. The standard InChI is InChI=1S/C74H74N16O15/c75-85-80-37-57-56(94-39-46-23-9-2-10-24-46)36-55(83-88-78)72(99-57)102-62-53(81-86-76)35-54(82-87-77)63(68(62)97-42-49-29-15-5-16-30-49)103-74-61(90-69(91)51-33-19-20-34-52(51)70(90)92)67(65-59(101-74)44-98-71(104-65)50-31-17-6-18-32-50)105-73-60(84-89-79)66(96-41-48-27-13-4-14-28-48)64(95-40-47-25-11-3-12-26-47)58(100-73)43-93-38-45-21-7-1-8-22-45/h1-34,53-68,71-74H,35-44H2/t53-,54+,55+,56-,57+,58+,59+,60+,61+,62+,63-,64+,65+,66+,67+,68-,71?,72+,73+,74-/m0/s1. The molecule has 5 fully saturated rings. The fourth-order valence-electron chi connectivity index (χ4n) is 14.1. The first-order valence-electron chi connectivity index (χ1n) is 34.3. The number of fused-ring (bicyclic) bond motifs is 2. The number of nitrogens with zero attached hydrogens (tertiary/aromatic N) is 16. The molecule has 105 heavy (non-hydrogen) atoms. The van der Waals surface area contributed by atoms with Gasteiger partial charge in [-0.15, -0.1) is 0 Å². The van der Waals surface area contributed by atoms with Crippen LogP contribution in [0.2, 0.25) is 0 Å². The van der Waals surface area contributed by atoms with Crippen molar-refractivity contribution in [3.05, 3.63) is 303 Å². The lowest BCUT2D eigenvalue weighted by Crippen LogP contribution is -2.71. The molecule has 1 saturated carbocycles. The molecule has 31 nitrogen and oxygen atoms in total. The molecule has 0 bridgehead atoms. The van der Waals surface area contributed by atoms with E-state index < -0.39 is 134 Å². The Labute approximate surface area is 602 Å². The van der Waals surface area contributed by atoms with E-state index in [1.807, 2.05) is 133 Å². The highest BCUT2D eigenvalue weighted by atomic mass is 16.8. The molecular weight excluding hydrogens is 1350 g/mol. The van der Waals surface area contributed by atoms with E-state index in [9.17, 15) is 27.7 Å². The monoisotopic (exact) mass is 1430 g/mol. The van der Waals surface area contributed by atoms with Crippen LogP contribution < -0.4 is 0 Å². The number of rotatable bonds is 30. The van der Waals surface area contributed by atoms with Gasteiger partial charge in [-0.05, 0) is 80.4 Å². The number of hydrogen-bond acceptors (Lipinski definition) is 20. The van der Waals surface area contributed by atoms with Gasteiger partial charge in [-0.2, -0.15) is 0 Å². The number of carbonyl (C=O) groups is 2. The lowest BCUT2D eigenvalue weighted by Gasteiger charge is -2.54. The van der Waals surface area contributed by atoms with E-state index in [1.54, 1.807) is 60.7 Å². The molecule has 4 saturated heterocycles. The van der Waals surface area contributed by atoms with Crippen LogP contribution in [0.3, 0.4) is 0 Å². The summed E-state index contributed by atoms with van der Waals surface area (Å²) in [5.41, 5.74) is 56.1. The summed E-state index contributed by atoms with van der Waals surface area (Å²) in [5.74, 6) is -1.59. The molecule has 0 N–H and O–H groups in total. The van der Waals surface area contributed by atoms with Gasteiger partial charge in [-0.25, -0.2) is 0 Å². The molecular formula is C74H74N16O15. The van der Waals surface area contributed by atoms with Crippen molar-refractivity contribution < 1.29 is 71.2 Å². The van der Waals surface area contributed by atoms with Crippen LogP contribution in [0.1, 0.15) is 73.2 Å². The Kier molecular flexibility index (Phi) is 25.0. The number of carbonyl (C=O) groups excluding carboxylic acids is 2. The molecule has 31 heteroatoms. The van der Waals surface area contributed by atoms with E-state index in [-0.39, 0.29) is 76.8 Å². The Balaban J connectivity index is 0.930. The maximum atomic E-state index is 15.7. The predicted octanol–water partition coefficient (Wildman–Crippen LogP) is 13.5. The van der Waals surface area contributed by atoms with Crippen molar-refractivity contribution >= 4 is 11.8 Å². The highest BCUT2D eigenvalue weighted by Crippen LogP contribution is 2.45. The summed E-state index contributed by atoms with van der Waals surface area (Å²) >= 11 is 0. The van der Waals surface area contributed by atoms with Crippen LogP contribution in [-0.2, 0) is 94.6 Å². The second kappa shape index (κ2) is 35.9. The summed E-state index contributed by atoms with van der Waals surface area (Å²) < 4.78 is 90.1. The van der Waals surface area contributed by atoms with Crippen LogP contribution >= 0.6 is 0 Å². The summed E-state index contributed by atoms with van der Waals surface area (Å²) in [7, 11) is 0. The second-order valence-electron chi connectivity index (χ2n) is 25.6. The van der Waals surface area contributed by atoms with Crippen LogP contribution in [-0.4, -0.2) is 153 Å². The van der Waals surface area contributed by atoms with Gasteiger partial charge >= 0.3 is 0 Å². The van der Waals surface area contributed by atoms with Gasteiger partial charge in [-0.1, -0.05) is 220 Å². The topological polar surface area (TPSA) is 401 Å². The number of benzene rings is 7. The van der Waals surface area contributed by atoms with Gasteiger partial charge in [0, 0.05) is 30.1 Å². The third-order valence-electron chi connectivity index (χ3n) is 19.1. The van der Waals surface area contributed by atoms with Crippen molar-refractivity contribution in [2.75, 3.05) is 19.8 Å². The third-order valence-corrected chi connectivity index (χ3v) is 19.1. The first kappa shape index (κ1) is 73.0. The minimum Gasteiger partial charge on any atom is -0.374 e. The van der Waals surface area contributed by atoms with Gasteiger partial charge in [0.05, 0.1) is 106 Å². The fraction of sp³-hybridized carbons (Fsp3) is 0.405. The molecule has 6 aliphatic rings. The average molecular weight is 1430 g/mol. The van der Waals surface area contributed by atoms with Gasteiger partial charge in [0.2, 0.25) is 0 Å². The van der Waals surface area contributed by atoms with Crippen LogP contribution in [0.25, 0.3) is 52.2 Å². The fourth-order valence-corrected chi connectivity index (χ4v) is 14.1. The minimum atomic E-state index is -1.86. The Bertz CT molecular complexity index is 4250. The molecule has 0 radical (unpaired) electrons. The zero-order valence-electron chi connectivity index (χ0n) is 56.5. The molecule has 5 heterocycles. The van der Waals surface area contributed by atoms with Crippen molar-refractivity contribution in [1.82, 2.24) is 4.90 Å². The Morgan fingerprint density at radius 3 is 1.41 bits per heavy atom. The summed E-state index contributed by atoms with van der Waals surface area (Å²) in [6, 6.07) is 54.9. The van der Waals surface area contributed by atoms with Crippen molar-refractivity contribution in [1.29, 1.82) is 0 Å². The molecule has 0 spiro atoms. The van der Waals surface area contributed by atoms with Gasteiger partial charge in [-0.3, -0.25) is 14.5 Å². The number of ether oxygens (including phenoxy) is 13. The molecule has 20 atom stereocenters. The molecule has 2 amide bonds. The number of hydrogen-bond donors (Lipinski definition) is 0. The SMILES string of the molecule is [N-]=[N+]=NC[C@H]1O[C@H](O[C@H]2[C@H](OCc3ccccc3)[C@@H](O[C@@H]3O[C@@H]4COC(c5ccccc5)O[C@H]4[C@H](O[C@H]4O[C@H](COCc5ccccc5)[C@@H](OCc5ccccc5)[C@H](OCc5ccccc5)[C@H]4N=[N+]=[N-])[C@H]3N3C(=O)c4ccccc4C3=O)[C@H](N=[N+]=[N-])C[C@@H]2N=[N+]=[N-])[C@H](N=[N+]=[N-])C[C@@H]1OCc1ccccc1. The predicted molar refractivity (Wildman–Crippen MR) is 372 cm³/mol. The third kappa shape index (κ3) is 17.6. The summed E-state index contributed by atoms with van der Waals surface area (Å²) in [6.45, 7) is -0.546. The number of imide groups is 1. The van der Waals surface area contributed by atoms with Gasteiger partial charge in [0.15, 0.2) is 25.2 Å². The first-order valence-corrected chi connectivity index (χ1v) is 34.3. The summed E-state index contributed by atoms with van der Waals surface area (Å²) in [5, 5.41) is 20.9. The van der Waals surface area contributed by atoms with Crippen molar-refractivity contribution in [2.24, 2.45) is 25.6 Å². The molecule has 1 unspecified atom stereocenters. The van der Waals surface area contributed by atoms with E-state index >= 15 is 9.59 Å². The minimum absolute atomic E-state index is 0.0151. The van der Waals surface area contributed by atoms with E-state index in [0.29, 0.717) is 11.1 Å². The van der Waals surface area contributed by atoms with Crippen LogP contribution in [0, 0.1) is 0 Å². The van der Waals surface area contributed by atoms with Gasteiger partial charge in [0.1, 0.15) is 54.8 Å². The number of amides is 2. The number of azide groups is 5. The summed E-state index contributed by atoms with van der Waals surface area (Å²) in [4.78, 5) is 48.3. The maximum absolute atomic E-state index is 15.7. The highest BCUT2D eigenvalue weighted by molar-refractivity contribution is 6.21. The molecule has 540 valence electrons. The smallest absolute Gasteiger partial charge is 0.262 e. The van der Waals surface area contributed by atoms with E-state index in [2.05, 4.69) is 50.1 Å².